The first kappa shape index (κ1) is 15.5. The lowest BCUT2D eigenvalue weighted by Crippen LogP contribution is -2.26. The number of nitro groups is 1. The molecule has 1 heterocycles. The number of rotatable bonds is 4. The molecule has 0 atom stereocenters. The maximum Gasteiger partial charge on any atom is 0.288 e. The standard InChI is InChI=1S/C14H13ClN2O3S/c1-9-5-6-21-13(9)8-16(2)14(18)10-3-4-11(15)12(7-10)17(19)20/h3-7H,8H2,1-2H3. The van der Waals surface area contributed by atoms with Gasteiger partial charge < -0.3 is 4.90 Å². The summed E-state index contributed by atoms with van der Waals surface area (Å²) in [6.45, 7) is 2.45. The van der Waals surface area contributed by atoms with Gasteiger partial charge in [0, 0.05) is 23.6 Å². The van der Waals surface area contributed by atoms with Crippen molar-refractivity contribution >= 4 is 34.5 Å². The van der Waals surface area contributed by atoms with Crippen LogP contribution in [-0.2, 0) is 6.54 Å². The fourth-order valence-corrected chi connectivity index (χ4v) is 3.00. The van der Waals surface area contributed by atoms with E-state index in [4.69, 9.17) is 11.6 Å². The molecule has 21 heavy (non-hydrogen) atoms. The topological polar surface area (TPSA) is 63.5 Å². The minimum atomic E-state index is -0.595. The number of carbonyl (C=O) groups is 1. The van der Waals surface area contributed by atoms with Crippen molar-refractivity contribution in [3.63, 3.8) is 0 Å². The summed E-state index contributed by atoms with van der Waals surface area (Å²) < 4.78 is 0. The molecule has 0 aliphatic carbocycles. The molecule has 110 valence electrons. The van der Waals surface area contributed by atoms with E-state index in [2.05, 4.69) is 0 Å². The highest BCUT2D eigenvalue weighted by molar-refractivity contribution is 7.10. The fraction of sp³-hybridized carbons (Fsp3) is 0.214. The van der Waals surface area contributed by atoms with E-state index < -0.39 is 4.92 Å². The van der Waals surface area contributed by atoms with Crippen LogP contribution in [0.1, 0.15) is 20.8 Å². The lowest BCUT2D eigenvalue weighted by atomic mass is 10.1. The van der Waals surface area contributed by atoms with E-state index in [9.17, 15) is 14.9 Å². The van der Waals surface area contributed by atoms with Crippen molar-refractivity contribution < 1.29 is 9.72 Å². The van der Waals surface area contributed by atoms with Crippen LogP contribution in [0.3, 0.4) is 0 Å². The van der Waals surface area contributed by atoms with E-state index in [0.29, 0.717) is 6.54 Å². The van der Waals surface area contributed by atoms with Crippen LogP contribution >= 0.6 is 22.9 Å². The van der Waals surface area contributed by atoms with Crippen LogP contribution in [0.25, 0.3) is 0 Å². The monoisotopic (exact) mass is 324 g/mol. The Balaban J connectivity index is 2.21. The van der Waals surface area contributed by atoms with Gasteiger partial charge in [0.15, 0.2) is 0 Å². The van der Waals surface area contributed by atoms with Gasteiger partial charge in [-0.1, -0.05) is 11.6 Å². The SMILES string of the molecule is Cc1ccsc1CN(C)C(=O)c1ccc(Cl)c([N+](=O)[O-])c1. The van der Waals surface area contributed by atoms with E-state index in [1.54, 1.807) is 18.4 Å². The molecule has 0 bridgehead atoms. The van der Waals surface area contributed by atoms with Crippen LogP contribution in [0.2, 0.25) is 5.02 Å². The number of carbonyl (C=O) groups excluding carboxylic acids is 1. The maximum absolute atomic E-state index is 12.3. The smallest absolute Gasteiger partial charge is 0.288 e. The van der Waals surface area contributed by atoms with Crippen LogP contribution in [0.4, 0.5) is 5.69 Å². The Morgan fingerprint density at radius 3 is 2.71 bits per heavy atom. The Morgan fingerprint density at radius 2 is 2.14 bits per heavy atom. The number of thiophene rings is 1. The van der Waals surface area contributed by atoms with Gasteiger partial charge in [-0.15, -0.1) is 11.3 Å². The lowest BCUT2D eigenvalue weighted by molar-refractivity contribution is -0.384. The molecular weight excluding hydrogens is 312 g/mol. The highest BCUT2D eigenvalue weighted by atomic mass is 35.5. The fourth-order valence-electron chi connectivity index (χ4n) is 1.86. The third-order valence-corrected chi connectivity index (χ3v) is 4.41. The number of benzene rings is 1. The summed E-state index contributed by atoms with van der Waals surface area (Å²) in [5.74, 6) is -0.275. The second-order valence-corrected chi connectivity index (χ2v) is 6.02. The molecule has 0 saturated carbocycles. The van der Waals surface area contributed by atoms with Crippen LogP contribution < -0.4 is 0 Å². The molecule has 0 unspecified atom stereocenters. The molecule has 7 heteroatoms. The summed E-state index contributed by atoms with van der Waals surface area (Å²) >= 11 is 7.32. The Bertz CT molecular complexity index is 699. The molecule has 0 N–H and O–H groups in total. The Labute approximate surface area is 130 Å². The zero-order chi connectivity index (χ0) is 15.6. The molecule has 0 saturated heterocycles. The first-order valence-electron chi connectivity index (χ1n) is 6.12. The summed E-state index contributed by atoms with van der Waals surface area (Å²) in [4.78, 5) is 25.2. The highest BCUT2D eigenvalue weighted by Crippen LogP contribution is 2.26. The number of hydrogen-bond acceptors (Lipinski definition) is 4. The lowest BCUT2D eigenvalue weighted by Gasteiger charge is -2.17. The van der Waals surface area contributed by atoms with Crippen LogP contribution in [0, 0.1) is 17.0 Å². The number of aryl methyl sites for hydroxylation is 1. The van der Waals surface area contributed by atoms with Gasteiger partial charge in [-0.3, -0.25) is 14.9 Å². The van der Waals surface area contributed by atoms with Crippen molar-refractivity contribution in [3.05, 3.63) is 60.8 Å². The summed E-state index contributed by atoms with van der Waals surface area (Å²) in [6, 6.07) is 6.07. The minimum absolute atomic E-state index is 0.0216. The third-order valence-electron chi connectivity index (χ3n) is 3.09. The zero-order valence-corrected chi connectivity index (χ0v) is 13.1. The summed E-state index contributed by atoms with van der Waals surface area (Å²) in [7, 11) is 1.67. The zero-order valence-electron chi connectivity index (χ0n) is 11.5. The Kier molecular flexibility index (Phi) is 4.59. The van der Waals surface area contributed by atoms with E-state index in [1.165, 1.54) is 23.1 Å². The molecule has 0 aliphatic heterocycles. The number of amides is 1. The van der Waals surface area contributed by atoms with E-state index in [1.807, 2.05) is 18.4 Å². The molecule has 0 radical (unpaired) electrons. The molecule has 0 spiro atoms. The number of hydrogen-bond donors (Lipinski definition) is 0. The first-order chi connectivity index (χ1) is 9.90. The minimum Gasteiger partial charge on any atom is -0.337 e. The molecule has 0 fully saturated rings. The van der Waals surface area contributed by atoms with Gasteiger partial charge in [-0.2, -0.15) is 0 Å². The summed E-state index contributed by atoms with van der Waals surface area (Å²) in [5, 5.41) is 12.9. The Morgan fingerprint density at radius 1 is 1.43 bits per heavy atom. The molecule has 2 aromatic rings. The van der Waals surface area contributed by atoms with Gasteiger partial charge >= 0.3 is 0 Å². The van der Waals surface area contributed by atoms with E-state index in [0.717, 1.165) is 10.4 Å². The van der Waals surface area contributed by atoms with Crippen LogP contribution in [0.5, 0.6) is 0 Å². The highest BCUT2D eigenvalue weighted by Gasteiger charge is 2.19. The van der Waals surface area contributed by atoms with Gasteiger partial charge in [0.1, 0.15) is 5.02 Å². The van der Waals surface area contributed by atoms with Crippen molar-refractivity contribution in [2.24, 2.45) is 0 Å². The number of nitro benzene ring substituents is 1. The van der Waals surface area contributed by atoms with Crippen molar-refractivity contribution in [3.8, 4) is 0 Å². The second-order valence-electron chi connectivity index (χ2n) is 4.61. The second kappa shape index (κ2) is 6.24. The van der Waals surface area contributed by atoms with Gasteiger partial charge in [0.2, 0.25) is 0 Å². The third kappa shape index (κ3) is 3.40. The average Bonchev–Trinajstić information content (AvgIpc) is 2.83. The molecule has 2 rings (SSSR count). The van der Waals surface area contributed by atoms with Crippen molar-refractivity contribution in [2.75, 3.05) is 7.05 Å². The first-order valence-corrected chi connectivity index (χ1v) is 7.38. The average molecular weight is 325 g/mol. The van der Waals surface area contributed by atoms with Gasteiger partial charge in [-0.05, 0) is 36.1 Å². The van der Waals surface area contributed by atoms with Gasteiger partial charge in [0.25, 0.3) is 11.6 Å². The molecule has 1 aromatic heterocycles. The van der Waals surface area contributed by atoms with E-state index in [-0.39, 0.29) is 22.2 Å². The van der Waals surface area contributed by atoms with Crippen LogP contribution in [0.15, 0.2) is 29.6 Å². The molecule has 0 aliphatic rings. The molecular formula is C14H13ClN2O3S. The normalized spacial score (nSPS) is 10.4. The van der Waals surface area contributed by atoms with Crippen molar-refractivity contribution in [1.29, 1.82) is 0 Å². The van der Waals surface area contributed by atoms with Crippen molar-refractivity contribution in [1.82, 2.24) is 4.90 Å². The maximum atomic E-state index is 12.3. The van der Waals surface area contributed by atoms with Crippen LogP contribution in [-0.4, -0.2) is 22.8 Å². The predicted molar refractivity (Wildman–Crippen MR) is 83.0 cm³/mol. The summed E-state index contributed by atoms with van der Waals surface area (Å²) in [5.41, 5.74) is 1.12. The molecule has 5 nitrogen and oxygen atoms in total. The van der Waals surface area contributed by atoms with E-state index >= 15 is 0 Å². The molecule has 1 amide bonds. The largest absolute Gasteiger partial charge is 0.337 e. The van der Waals surface area contributed by atoms with Gasteiger partial charge in [0.05, 0.1) is 11.5 Å². The number of halogens is 1. The predicted octanol–water partition coefficient (Wildman–Crippen LogP) is 3.89. The van der Waals surface area contributed by atoms with Gasteiger partial charge in [-0.25, -0.2) is 0 Å². The Hall–Kier alpha value is -1.92. The molecule has 1 aromatic carbocycles. The van der Waals surface area contributed by atoms with Crippen molar-refractivity contribution in [2.45, 2.75) is 13.5 Å². The summed E-state index contributed by atoms with van der Waals surface area (Å²) in [6.07, 6.45) is 0. The quantitative estimate of drug-likeness (QED) is 0.633. The number of nitrogens with zero attached hydrogens (tertiary/aromatic N) is 2.